The van der Waals surface area contributed by atoms with Crippen LogP contribution in [0.4, 0.5) is 4.39 Å². The van der Waals surface area contributed by atoms with E-state index in [1.165, 1.54) is 12.3 Å². The van der Waals surface area contributed by atoms with Gasteiger partial charge in [-0.15, -0.1) is 0 Å². The lowest BCUT2D eigenvalue weighted by atomic mass is 9.96. The molecule has 0 bridgehead atoms. The fourth-order valence-corrected chi connectivity index (χ4v) is 1.54. The number of hydrogen-bond donors (Lipinski definition) is 1. The molecule has 0 amide bonds. The van der Waals surface area contributed by atoms with Crippen LogP contribution in [0.25, 0.3) is 0 Å². The van der Waals surface area contributed by atoms with Gasteiger partial charge in [0.1, 0.15) is 4.60 Å². The molecule has 0 aliphatic rings. The predicted octanol–water partition coefficient (Wildman–Crippen LogP) is 3.06. The van der Waals surface area contributed by atoms with Crippen LogP contribution in [0.2, 0.25) is 0 Å². The van der Waals surface area contributed by atoms with Gasteiger partial charge in [-0.1, -0.05) is 20.3 Å². The van der Waals surface area contributed by atoms with Crippen LogP contribution in [0, 0.1) is 11.7 Å². The normalized spacial score (nSPS) is 15.2. The molecule has 1 rings (SSSR count). The van der Waals surface area contributed by atoms with Crippen molar-refractivity contribution in [1.82, 2.24) is 4.98 Å². The highest BCUT2D eigenvalue weighted by atomic mass is 79.9. The quantitative estimate of drug-likeness (QED) is 0.849. The summed E-state index contributed by atoms with van der Waals surface area (Å²) in [7, 11) is 0. The van der Waals surface area contributed by atoms with Gasteiger partial charge in [0.05, 0.1) is 6.10 Å². The summed E-state index contributed by atoms with van der Waals surface area (Å²) in [4.78, 5) is 3.74. The number of aromatic nitrogens is 1. The highest BCUT2D eigenvalue weighted by Crippen LogP contribution is 2.28. The average molecular weight is 262 g/mol. The molecule has 1 aromatic rings. The first-order valence-electron chi connectivity index (χ1n) is 4.55. The molecule has 0 aliphatic heterocycles. The molecule has 1 N–H and O–H groups in total. The minimum Gasteiger partial charge on any atom is -0.388 e. The Morgan fingerprint density at radius 2 is 2.29 bits per heavy atom. The fraction of sp³-hybridized carbons (Fsp3) is 0.500. The Kier molecular flexibility index (Phi) is 4.01. The van der Waals surface area contributed by atoms with Crippen molar-refractivity contribution in [2.45, 2.75) is 26.4 Å². The van der Waals surface area contributed by atoms with E-state index in [1.807, 2.05) is 13.8 Å². The lowest BCUT2D eigenvalue weighted by Gasteiger charge is -2.18. The minimum atomic E-state index is -0.765. The smallest absolute Gasteiger partial charge is 0.161 e. The zero-order valence-electron chi connectivity index (χ0n) is 8.17. The molecule has 0 spiro atoms. The number of hydrogen-bond acceptors (Lipinski definition) is 2. The standard InChI is InChI=1S/C10H13BrFNO/c1-3-6(2)9(14)7-4-5-13-10(11)8(7)12/h4-6,9,14H,3H2,1-2H3. The van der Waals surface area contributed by atoms with Crippen LogP contribution in [0.3, 0.4) is 0 Å². The Balaban J connectivity index is 3.01. The van der Waals surface area contributed by atoms with Crippen molar-refractivity contribution in [3.05, 3.63) is 28.2 Å². The number of halogens is 2. The maximum absolute atomic E-state index is 13.5. The monoisotopic (exact) mass is 261 g/mol. The molecule has 0 radical (unpaired) electrons. The molecule has 1 heterocycles. The molecule has 14 heavy (non-hydrogen) atoms. The van der Waals surface area contributed by atoms with E-state index in [0.717, 1.165) is 6.42 Å². The van der Waals surface area contributed by atoms with Crippen LogP contribution < -0.4 is 0 Å². The maximum Gasteiger partial charge on any atom is 0.161 e. The lowest BCUT2D eigenvalue weighted by Crippen LogP contribution is -2.10. The van der Waals surface area contributed by atoms with E-state index >= 15 is 0 Å². The van der Waals surface area contributed by atoms with Gasteiger partial charge in [0.15, 0.2) is 5.82 Å². The van der Waals surface area contributed by atoms with Gasteiger partial charge >= 0.3 is 0 Å². The molecule has 2 unspecified atom stereocenters. The van der Waals surface area contributed by atoms with Crippen LogP contribution in [-0.2, 0) is 0 Å². The molecule has 0 saturated heterocycles. The Morgan fingerprint density at radius 3 is 2.86 bits per heavy atom. The molecule has 78 valence electrons. The third-order valence-electron chi connectivity index (χ3n) is 2.38. The van der Waals surface area contributed by atoms with Gasteiger partial charge in [-0.2, -0.15) is 0 Å². The third-order valence-corrected chi connectivity index (χ3v) is 2.93. The summed E-state index contributed by atoms with van der Waals surface area (Å²) in [5.74, 6) is -0.431. The fourth-order valence-electron chi connectivity index (χ4n) is 1.19. The number of nitrogens with zero attached hydrogens (tertiary/aromatic N) is 1. The second-order valence-corrected chi connectivity index (χ2v) is 4.09. The number of aliphatic hydroxyl groups is 1. The number of pyridine rings is 1. The first-order chi connectivity index (χ1) is 6.57. The van der Waals surface area contributed by atoms with Gasteiger partial charge in [0, 0.05) is 11.8 Å². The van der Waals surface area contributed by atoms with Crippen LogP contribution in [0.5, 0.6) is 0 Å². The molecule has 0 saturated carbocycles. The molecule has 4 heteroatoms. The van der Waals surface area contributed by atoms with Crippen molar-refractivity contribution in [1.29, 1.82) is 0 Å². The summed E-state index contributed by atoms with van der Waals surface area (Å²) in [6.45, 7) is 3.85. The van der Waals surface area contributed by atoms with E-state index < -0.39 is 11.9 Å². The second-order valence-electron chi connectivity index (χ2n) is 3.34. The van der Waals surface area contributed by atoms with Gasteiger partial charge in [-0.25, -0.2) is 9.37 Å². The molecule has 0 aromatic carbocycles. The Hall–Kier alpha value is -0.480. The van der Waals surface area contributed by atoms with Gasteiger partial charge in [-0.3, -0.25) is 0 Å². The van der Waals surface area contributed by atoms with E-state index in [0.29, 0.717) is 5.56 Å². The topological polar surface area (TPSA) is 33.1 Å². The van der Waals surface area contributed by atoms with E-state index in [2.05, 4.69) is 20.9 Å². The van der Waals surface area contributed by atoms with Crippen molar-refractivity contribution >= 4 is 15.9 Å². The zero-order chi connectivity index (χ0) is 10.7. The molecule has 2 atom stereocenters. The molecule has 2 nitrogen and oxygen atoms in total. The van der Waals surface area contributed by atoms with Crippen LogP contribution in [-0.4, -0.2) is 10.1 Å². The summed E-state index contributed by atoms with van der Waals surface area (Å²) in [5, 5.41) is 9.81. The first-order valence-corrected chi connectivity index (χ1v) is 5.35. The van der Waals surface area contributed by atoms with Gasteiger partial charge < -0.3 is 5.11 Å². The second kappa shape index (κ2) is 4.84. The molecular formula is C10H13BrFNO. The Morgan fingerprint density at radius 1 is 1.64 bits per heavy atom. The zero-order valence-corrected chi connectivity index (χ0v) is 9.75. The number of aliphatic hydroxyl groups excluding tert-OH is 1. The maximum atomic E-state index is 13.5. The Bertz CT molecular complexity index is 319. The van der Waals surface area contributed by atoms with Crippen LogP contribution in [0.1, 0.15) is 31.9 Å². The summed E-state index contributed by atoms with van der Waals surface area (Å²) in [6.07, 6.45) is 1.52. The Labute approximate surface area is 91.3 Å². The molecule has 0 aliphatic carbocycles. The lowest BCUT2D eigenvalue weighted by molar-refractivity contribution is 0.111. The highest BCUT2D eigenvalue weighted by molar-refractivity contribution is 9.10. The van der Waals surface area contributed by atoms with Gasteiger partial charge in [-0.05, 0) is 27.9 Å². The van der Waals surface area contributed by atoms with Gasteiger partial charge in [0.2, 0.25) is 0 Å². The number of rotatable bonds is 3. The van der Waals surface area contributed by atoms with Crippen LogP contribution >= 0.6 is 15.9 Å². The summed E-state index contributed by atoms with van der Waals surface area (Å²) in [6, 6.07) is 1.51. The minimum absolute atomic E-state index is 0.0406. The van der Waals surface area contributed by atoms with Crippen molar-refractivity contribution in [3.63, 3.8) is 0 Å². The van der Waals surface area contributed by atoms with E-state index in [9.17, 15) is 9.50 Å². The summed E-state index contributed by atoms with van der Waals surface area (Å²) >= 11 is 2.99. The first kappa shape index (κ1) is 11.6. The van der Waals surface area contributed by atoms with Crippen molar-refractivity contribution in [2.75, 3.05) is 0 Å². The largest absolute Gasteiger partial charge is 0.388 e. The van der Waals surface area contributed by atoms with Crippen molar-refractivity contribution in [3.8, 4) is 0 Å². The molecule has 1 aromatic heterocycles. The van der Waals surface area contributed by atoms with Crippen LogP contribution in [0.15, 0.2) is 16.9 Å². The SMILES string of the molecule is CCC(C)C(O)c1ccnc(Br)c1F. The highest BCUT2D eigenvalue weighted by Gasteiger charge is 2.19. The van der Waals surface area contributed by atoms with Gasteiger partial charge in [0.25, 0.3) is 0 Å². The average Bonchev–Trinajstić information content (AvgIpc) is 2.20. The summed E-state index contributed by atoms with van der Waals surface area (Å²) in [5.41, 5.74) is 0.307. The predicted molar refractivity (Wildman–Crippen MR) is 56.3 cm³/mol. The van der Waals surface area contributed by atoms with E-state index in [1.54, 1.807) is 0 Å². The summed E-state index contributed by atoms with van der Waals surface area (Å²) < 4.78 is 13.6. The third kappa shape index (κ3) is 2.30. The molecule has 0 fully saturated rings. The van der Waals surface area contributed by atoms with Crippen molar-refractivity contribution in [2.24, 2.45) is 5.92 Å². The van der Waals surface area contributed by atoms with E-state index in [4.69, 9.17) is 0 Å². The molecular weight excluding hydrogens is 249 g/mol. The van der Waals surface area contributed by atoms with Crippen molar-refractivity contribution < 1.29 is 9.50 Å². The van der Waals surface area contributed by atoms with E-state index in [-0.39, 0.29) is 10.5 Å².